The van der Waals surface area contributed by atoms with E-state index in [9.17, 15) is 4.79 Å². The second-order valence-corrected chi connectivity index (χ2v) is 5.67. The Kier molecular flexibility index (Phi) is 4.50. The first-order valence-corrected chi connectivity index (χ1v) is 7.97. The lowest BCUT2D eigenvalue weighted by Crippen LogP contribution is -2.26. The zero-order valence-corrected chi connectivity index (χ0v) is 14.1. The summed E-state index contributed by atoms with van der Waals surface area (Å²) in [6.07, 6.45) is 5.35. The van der Waals surface area contributed by atoms with Gasteiger partial charge in [0.1, 0.15) is 5.76 Å². The van der Waals surface area contributed by atoms with Gasteiger partial charge in [0.05, 0.1) is 18.8 Å². The summed E-state index contributed by atoms with van der Waals surface area (Å²) in [6, 6.07) is 5.18. The van der Waals surface area contributed by atoms with Gasteiger partial charge in [-0.1, -0.05) is 0 Å². The molecule has 0 spiro atoms. The van der Waals surface area contributed by atoms with Gasteiger partial charge in [-0.2, -0.15) is 10.2 Å². The van der Waals surface area contributed by atoms with Crippen LogP contribution in [0, 0.1) is 6.92 Å². The van der Waals surface area contributed by atoms with Crippen LogP contribution in [0.1, 0.15) is 47.5 Å². The normalized spacial score (nSPS) is 12.3. The Balaban J connectivity index is 1.66. The molecule has 0 bridgehead atoms. The number of amides is 1. The van der Waals surface area contributed by atoms with E-state index in [1.807, 2.05) is 37.7 Å². The van der Waals surface area contributed by atoms with Gasteiger partial charge < -0.3 is 9.73 Å². The zero-order chi connectivity index (χ0) is 17.1. The molecule has 1 unspecified atom stereocenters. The molecule has 24 heavy (non-hydrogen) atoms. The number of hydrogen-bond acceptors (Lipinski definition) is 4. The van der Waals surface area contributed by atoms with E-state index in [-0.39, 0.29) is 11.9 Å². The van der Waals surface area contributed by atoms with Crippen molar-refractivity contribution in [2.24, 2.45) is 0 Å². The Labute approximate surface area is 140 Å². The SMILES string of the molecule is CCn1ncc(C(C)NC(=O)c2ccc(Cn3cccn3)o2)c1C. The number of carbonyl (C=O) groups is 1. The molecule has 0 saturated heterocycles. The molecule has 3 rings (SSSR count). The minimum absolute atomic E-state index is 0.141. The first-order chi connectivity index (χ1) is 11.6. The van der Waals surface area contributed by atoms with Gasteiger partial charge in [0.25, 0.3) is 5.91 Å². The minimum atomic E-state index is -0.238. The molecule has 0 aliphatic heterocycles. The Morgan fingerprint density at radius 2 is 2.21 bits per heavy atom. The molecule has 0 saturated carbocycles. The molecular formula is C17H21N5O2. The maximum atomic E-state index is 12.4. The largest absolute Gasteiger partial charge is 0.454 e. The van der Waals surface area contributed by atoms with Crippen LogP contribution in [0.25, 0.3) is 0 Å². The van der Waals surface area contributed by atoms with Crippen molar-refractivity contribution >= 4 is 5.91 Å². The van der Waals surface area contributed by atoms with Crippen molar-refractivity contribution in [2.75, 3.05) is 0 Å². The Hall–Kier alpha value is -2.83. The molecule has 7 heteroatoms. The van der Waals surface area contributed by atoms with Crippen LogP contribution in [0.5, 0.6) is 0 Å². The van der Waals surface area contributed by atoms with Crippen LogP contribution in [0.4, 0.5) is 0 Å². The van der Waals surface area contributed by atoms with E-state index in [2.05, 4.69) is 15.5 Å². The molecule has 126 valence electrons. The predicted octanol–water partition coefficient (Wildman–Crippen LogP) is 2.54. The maximum absolute atomic E-state index is 12.4. The molecule has 1 amide bonds. The van der Waals surface area contributed by atoms with E-state index >= 15 is 0 Å². The second kappa shape index (κ2) is 6.74. The van der Waals surface area contributed by atoms with E-state index in [1.54, 1.807) is 29.2 Å². The van der Waals surface area contributed by atoms with E-state index in [1.165, 1.54) is 0 Å². The van der Waals surface area contributed by atoms with E-state index in [0.29, 0.717) is 18.1 Å². The summed E-state index contributed by atoms with van der Waals surface area (Å²) in [4.78, 5) is 12.4. The Morgan fingerprint density at radius 1 is 1.38 bits per heavy atom. The van der Waals surface area contributed by atoms with Gasteiger partial charge in [-0.05, 0) is 39.0 Å². The standard InChI is InChI=1S/C17H21N5O2/c1-4-22-13(3)15(10-19-22)12(2)20-17(23)16-7-6-14(24-16)11-21-9-5-8-18-21/h5-10,12H,4,11H2,1-3H3,(H,20,23). The quantitative estimate of drug-likeness (QED) is 0.755. The molecule has 1 atom stereocenters. The summed E-state index contributed by atoms with van der Waals surface area (Å²) in [5.41, 5.74) is 2.07. The van der Waals surface area contributed by atoms with Crippen molar-refractivity contribution in [2.45, 2.75) is 39.9 Å². The molecule has 7 nitrogen and oxygen atoms in total. The highest BCUT2D eigenvalue weighted by atomic mass is 16.4. The summed E-state index contributed by atoms with van der Waals surface area (Å²) in [6.45, 7) is 7.29. The number of nitrogens with one attached hydrogen (secondary N) is 1. The summed E-state index contributed by atoms with van der Waals surface area (Å²) in [5, 5.41) is 11.4. The molecule has 3 aromatic rings. The Bertz CT molecular complexity index is 816. The van der Waals surface area contributed by atoms with Crippen molar-refractivity contribution in [3.63, 3.8) is 0 Å². The lowest BCUT2D eigenvalue weighted by Gasteiger charge is -2.13. The highest BCUT2D eigenvalue weighted by Crippen LogP contribution is 2.18. The van der Waals surface area contributed by atoms with Crippen molar-refractivity contribution in [3.8, 4) is 0 Å². The van der Waals surface area contributed by atoms with Crippen LogP contribution in [0.3, 0.4) is 0 Å². The number of furan rings is 1. The van der Waals surface area contributed by atoms with Gasteiger partial charge in [0.15, 0.2) is 5.76 Å². The predicted molar refractivity (Wildman–Crippen MR) is 88.6 cm³/mol. The molecule has 3 heterocycles. The van der Waals surface area contributed by atoms with Gasteiger partial charge in [0, 0.05) is 30.2 Å². The molecule has 0 radical (unpaired) electrons. The first kappa shape index (κ1) is 16.0. The number of hydrogen-bond donors (Lipinski definition) is 1. The van der Waals surface area contributed by atoms with E-state index in [4.69, 9.17) is 4.42 Å². The summed E-state index contributed by atoms with van der Waals surface area (Å²) in [7, 11) is 0. The molecule has 0 aliphatic carbocycles. The third-order valence-corrected chi connectivity index (χ3v) is 4.02. The lowest BCUT2D eigenvalue weighted by atomic mass is 10.1. The van der Waals surface area contributed by atoms with Crippen molar-refractivity contribution in [1.82, 2.24) is 24.9 Å². The van der Waals surface area contributed by atoms with Gasteiger partial charge in [-0.25, -0.2) is 0 Å². The van der Waals surface area contributed by atoms with Crippen molar-refractivity contribution in [3.05, 3.63) is 59.6 Å². The number of aromatic nitrogens is 4. The highest BCUT2D eigenvalue weighted by molar-refractivity contribution is 5.91. The summed E-state index contributed by atoms with van der Waals surface area (Å²) < 4.78 is 9.27. The molecule has 0 aromatic carbocycles. The molecule has 1 N–H and O–H groups in total. The third kappa shape index (κ3) is 3.24. The number of nitrogens with zero attached hydrogens (tertiary/aromatic N) is 4. The van der Waals surface area contributed by atoms with Crippen LogP contribution < -0.4 is 5.32 Å². The van der Waals surface area contributed by atoms with Crippen LogP contribution in [-0.4, -0.2) is 25.5 Å². The molecule has 0 aliphatic rings. The summed E-state index contributed by atoms with van der Waals surface area (Å²) in [5.74, 6) is 0.744. The van der Waals surface area contributed by atoms with Crippen LogP contribution in [-0.2, 0) is 13.1 Å². The smallest absolute Gasteiger partial charge is 0.287 e. The lowest BCUT2D eigenvalue weighted by molar-refractivity contribution is 0.0909. The monoisotopic (exact) mass is 327 g/mol. The number of rotatable bonds is 6. The van der Waals surface area contributed by atoms with Gasteiger partial charge in [-0.15, -0.1) is 0 Å². The molecule has 0 fully saturated rings. The van der Waals surface area contributed by atoms with Crippen LogP contribution in [0.2, 0.25) is 0 Å². The maximum Gasteiger partial charge on any atom is 0.287 e. The van der Waals surface area contributed by atoms with Crippen molar-refractivity contribution < 1.29 is 9.21 Å². The Morgan fingerprint density at radius 3 is 2.88 bits per heavy atom. The molecular weight excluding hydrogens is 306 g/mol. The van der Waals surface area contributed by atoms with Crippen LogP contribution >= 0.6 is 0 Å². The molecule has 3 aromatic heterocycles. The number of aryl methyl sites for hydroxylation is 1. The summed E-state index contributed by atoms with van der Waals surface area (Å²) >= 11 is 0. The second-order valence-electron chi connectivity index (χ2n) is 5.67. The fraction of sp³-hybridized carbons (Fsp3) is 0.353. The minimum Gasteiger partial charge on any atom is -0.454 e. The zero-order valence-electron chi connectivity index (χ0n) is 14.1. The van der Waals surface area contributed by atoms with Crippen LogP contribution in [0.15, 0.2) is 41.2 Å². The third-order valence-electron chi connectivity index (χ3n) is 4.02. The topological polar surface area (TPSA) is 77.9 Å². The fourth-order valence-corrected chi connectivity index (χ4v) is 2.69. The first-order valence-electron chi connectivity index (χ1n) is 7.97. The highest BCUT2D eigenvalue weighted by Gasteiger charge is 2.18. The van der Waals surface area contributed by atoms with Crippen molar-refractivity contribution in [1.29, 1.82) is 0 Å². The van der Waals surface area contributed by atoms with Gasteiger partial charge in [-0.3, -0.25) is 14.2 Å². The van der Waals surface area contributed by atoms with Gasteiger partial charge >= 0.3 is 0 Å². The average Bonchev–Trinajstić information content (AvgIpc) is 3.28. The fourth-order valence-electron chi connectivity index (χ4n) is 2.69. The average molecular weight is 327 g/mol. The van der Waals surface area contributed by atoms with E-state index < -0.39 is 0 Å². The van der Waals surface area contributed by atoms with E-state index in [0.717, 1.165) is 17.8 Å². The number of carbonyl (C=O) groups excluding carboxylic acids is 1. The van der Waals surface area contributed by atoms with Gasteiger partial charge in [0.2, 0.25) is 0 Å².